The van der Waals surface area contributed by atoms with Gasteiger partial charge in [0.1, 0.15) is 0 Å². The summed E-state index contributed by atoms with van der Waals surface area (Å²) < 4.78 is 77.9. The first-order valence-corrected chi connectivity index (χ1v) is 31.7. The maximum Gasteiger partial charge on any atom is 0.268 e. The summed E-state index contributed by atoms with van der Waals surface area (Å²) in [6.07, 6.45) is 10.6. The number of carbonyl (C=O) groups is 8. The van der Waals surface area contributed by atoms with E-state index in [2.05, 4.69) is 6.92 Å². The fraction of sp³-hybridized carbons (Fsp3) is 0.852. The average molecular weight is 1090 g/mol. The van der Waals surface area contributed by atoms with Crippen molar-refractivity contribution in [2.75, 3.05) is 7.05 Å². The molecule has 4 aliphatic heterocycles. The minimum Gasteiger partial charge on any atom is -0.375 e. The summed E-state index contributed by atoms with van der Waals surface area (Å²) >= 11 is 0. The van der Waals surface area contributed by atoms with Crippen molar-refractivity contribution in [3.8, 4) is 0 Å². The lowest BCUT2D eigenvalue weighted by Gasteiger charge is -2.59. The van der Waals surface area contributed by atoms with E-state index >= 15 is 0 Å². The normalized spacial score (nSPS) is 46.6. The lowest BCUT2D eigenvalue weighted by atomic mass is 9.50. The monoisotopic (exact) mass is 1080 g/mol. The molecule has 12 fully saturated rings. The molecule has 8 amide bonds. The fourth-order valence-electron chi connectivity index (χ4n) is 19.1. The molecule has 12 aliphatic rings. The summed E-state index contributed by atoms with van der Waals surface area (Å²) in [7, 11) is -7.90. The van der Waals surface area contributed by atoms with Crippen molar-refractivity contribution in [3.63, 3.8) is 0 Å². The van der Waals surface area contributed by atoms with E-state index in [0.29, 0.717) is 64.2 Å². The Morgan fingerprint density at radius 2 is 0.680 bits per heavy atom. The van der Waals surface area contributed by atoms with E-state index < -0.39 is 150 Å². The molecule has 414 valence electrons. The number of piperidine rings is 4. The third-order valence-electron chi connectivity index (χ3n) is 22.4. The molecule has 0 aromatic carbocycles. The van der Waals surface area contributed by atoms with Crippen LogP contribution in [0.2, 0.25) is 0 Å². The van der Waals surface area contributed by atoms with Crippen LogP contribution < -0.4 is 0 Å². The molecular formula is C54H76N4O15S2. The molecule has 0 bridgehead atoms. The van der Waals surface area contributed by atoms with Gasteiger partial charge in [0, 0.05) is 72.5 Å². The first-order chi connectivity index (χ1) is 35.6. The topological polar surface area (TPSA) is 274 Å². The van der Waals surface area contributed by atoms with Gasteiger partial charge in [-0.1, -0.05) is 6.92 Å². The predicted molar refractivity (Wildman–Crippen MR) is 268 cm³/mol. The van der Waals surface area contributed by atoms with Gasteiger partial charge in [0.25, 0.3) is 10.1 Å². The van der Waals surface area contributed by atoms with Crippen molar-refractivity contribution >= 4 is 68.2 Å². The molecule has 0 spiro atoms. The highest BCUT2D eigenvalue weighted by atomic mass is 32.3. The van der Waals surface area contributed by atoms with E-state index in [1.54, 1.807) is 4.90 Å². The van der Waals surface area contributed by atoms with E-state index in [1.807, 2.05) is 0 Å². The van der Waals surface area contributed by atoms with Crippen molar-refractivity contribution < 1.29 is 69.7 Å². The second-order valence-electron chi connectivity index (χ2n) is 25.7. The quantitative estimate of drug-likeness (QED) is 0.166. The lowest BCUT2D eigenvalue weighted by molar-refractivity contribution is -0.190. The molecule has 12 rings (SSSR count). The van der Waals surface area contributed by atoms with Gasteiger partial charge in [0.2, 0.25) is 47.3 Å². The molecule has 14 atom stereocenters. The van der Waals surface area contributed by atoms with Crippen LogP contribution >= 0.6 is 10.9 Å². The number of carbonyl (C=O) groups excluding carboxylic acids is 8. The number of likely N-dealkylation sites (tertiary alicyclic amines) is 4. The van der Waals surface area contributed by atoms with Crippen LogP contribution in [-0.4, -0.2) is 141 Å². The average Bonchev–Trinajstić information content (AvgIpc) is 3.41. The van der Waals surface area contributed by atoms with Crippen LogP contribution in [0.15, 0.2) is 0 Å². The van der Waals surface area contributed by atoms with Gasteiger partial charge in [-0.15, -0.1) is 0 Å². The predicted octanol–water partition coefficient (Wildman–Crippen LogP) is 5.75. The van der Waals surface area contributed by atoms with Crippen LogP contribution in [0.25, 0.3) is 0 Å². The summed E-state index contributed by atoms with van der Waals surface area (Å²) in [5, 5.41) is -2.95. The largest absolute Gasteiger partial charge is 0.375 e. The van der Waals surface area contributed by atoms with Crippen molar-refractivity contribution in [3.05, 3.63) is 0 Å². The molecule has 0 aromatic heterocycles. The van der Waals surface area contributed by atoms with E-state index in [4.69, 9.17) is 4.74 Å². The number of nitrogens with zero attached hydrogens (tertiary/aromatic N) is 4. The van der Waals surface area contributed by atoms with Gasteiger partial charge in [-0.05, 0) is 183 Å². The Balaban J connectivity index is 0.723. The van der Waals surface area contributed by atoms with Crippen molar-refractivity contribution in [1.82, 2.24) is 19.6 Å². The molecule has 19 nitrogen and oxygen atoms in total. The summed E-state index contributed by atoms with van der Waals surface area (Å²) in [4.78, 5) is 119. The van der Waals surface area contributed by atoms with Gasteiger partial charge in [-0.2, -0.15) is 8.42 Å². The molecule has 0 radical (unpaired) electrons. The Kier molecular flexibility index (Phi) is 13.4. The lowest BCUT2D eigenvalue weighted by Crippen LogP contribution is -2.68. The van der Waals surface area contributed by atoms with E-state index in [1.165, 1.54) is 34.6 Å². The van der Waals surface area contributed by atoms with Crippen LogP contribution in [-0.2, 0) is 53.2 Å². The molecule has 0 aromatic rings. The molecule has 75 heavy (non-hydrogen) atoms. The van der Waals surface area contributed by atoms with Crippen LogP contribution in [0.5, 0.6) is 0 Å². The maximum absolute atomic E-state index is 14.8. The Morgan fingerprint density at radius 3 is 1.03 bits per heavy atom. The van der Waals surface area contributed by atoms with Gasteiger partial charge in [0.15, 0.2) is 0 Å². The standard InChI is InChI=1S/C54H76N4O15S2/c1-25-3-9-29(10-4-25)73-30-11-5-26(6-12-30)56-49(61)35-19-21-39-46-40(22-20-36(45(35)46)50(56)62)54(66)58(53(39)65)28-8-14-32(42(24-28)75(70,71)72)31-13-7-27(23-41(31)74(67,68)69)57-51(63)37-17-15-33-43-34(48(60)55(2)47(33)59)16-18-38(44(37)43)52(57)64/h25-46,70-72H,3-24H2,1-2H3,(H,67,68,69). The number of imide groups is 4. The minimum absolute atomic E-state index is 0.0376. The minimum atomic E-state index is -4.91. The van der Waals surface area contributed by atoms with E-state index in [0.717, 1.165) is 31.6 Å². The maximum atomic E-state index is 14.8. The highest BCUT2D eigenvalue weighted by molar-refractivity contribution is 8.19. The van der Waals surface area contributed by atoms with E-state index in [-0.39, 0.29) is 80.4 Å². The van der Waals surface area contributed by atoms with Crippen molar-refractivity contribution in [2.24, 2.45) is 88.8 Å². The molecule has 8 saturated carbocycles. The third kappa shape index (κ3) is 8.44. The first kappa shape index (κ1) is 52.4. The number of ether oxygens (including phenoxy) is 1. The zero-order chi connectivity index (χ0) is 52.9. The van der Waals surface area contributed by atoms with E-state index in [9.17, 15) is 65.0 Å². The second kappa shape index (κ2) is 19.2. The van der Waals surface area contributed by atoms with Gasteiger partial charge in [0.05, 0.1) is 33.6 Å². The summed E-state index contributed by atoms with van der Waals surface area (Å²) in [5.74, 6) is -10.2. The van der Waals surface area contributed by atoms with Crippen LogP contribution in [0.3, 0.4) is 0 Å². The fourth-order valence-corrected chi connectivity index (χ4v) is 21.7. The summed E-state index contributed by atoms with van der Waals surface area (Å²) in [5.41, 5.74) is 0. The van der Waals surface area contributed by atoms with Crippen LogP contribution in [0, 0.1) is 88.8 Å². The molecule has 14 unspecified atom stereocenters. The third-order valence-corrected chi connectivity index (χ3v) is 25.1. The Labute approximate surface area is 440 Å². The summed E-state index contributed by atoms with van der Waals surface area (Å²) in [6.45, 7) is 2.28. The highest BCUT2D eigenvalue weighted by Crippen LogP contribution is 2.61. The highest BCUT2D eigenvalue weighted by Gasteiger charge is 2.67. The van der Waals surface area contributed by atoms with Gasteiger partial charge >= 0.3 is 0 Å². The zero-order valence-electron chi connectivity index (χ0n) is 43.1. The first-order valence-electron chi connectivity index (χ1n) is 28.7. The second-order valence-corrected chi connectivity index (χ2v) is 29.1. The van der Waals surface area contributed by atoms with Gasteiger partial charge in [-0.3, -0.25) is 62.5 Å². The van der Waals surface area contributed by atoms with Gasteiger partial charge < -0.3 is 18.4 Å². The number of hydrogen-bond acceptors (Lipinski definition) is 14. The Morgan fingerprint density at radius 1 is 0.387 bits per heavy atom. The molecular weight excluding hydrogens is 1010 g/mol. The van der Waals surface area contributed by atoms with Crippen molar-refractivity contribution in [2.45, 2.75) is 189 Å². The number of hydrogen-bond donors (Lipinski definition) is 4. The van der Waals surface area contributed by atoms with Crippen molar-refractivity contribution in [1.29, 1.82) is 0 Å². The molecule has 8 aliphatic carbocycles. The molecule has 4 saturated heterocycles. The molecule has 4 heterocycles. The van der Waals surface area contributed by atoms with Crippen LogP contribution in [0.1, 0.15) is 148 Å². The number of amides is 8. The SMILES string of the molecule is CC1CCC(OC2CCC(N3C(=O)C4CCC5C(=O)N(C6CCC(C7CCC(N8C(=O)C9CCC%10C(=O)N(C)C(=O)C%11CCC(C8=O)C9C%10%11)CC7S(=O)(=O)O)C(S(O)(O)O)C6)C(=O)C6CCC(C3=O)C4C56)CC2)CC1. The molecule has 21 heteroatoms. The Bertz CT molecular complexity index is 2430. The zero-order valence-corrected chi connectivity index (χ0v) is 44.8. The smallest absolute Gasteiger partial charge is 0.268 e. The number of rotatable bonds is 8. The Hall–Kier alpha value is -3.34. The van der Waals surface area contributed by atoms with Gasteiger partial charge in [-0.25, -0.2) is 0 Å². The summed E-state index contributed by atoms with van der Waals surface area (Å²) in [6, 6.07) is -1.99. The molecule has 4 N–H and O–H groups in total. The van der Waals surface area contributed by atoms with Crippen LogP contribution in [0.4, 0.5) is 0 Å².